The fraction of sp³-hybridized carbons (Fsp3) is 0.115. The van der Waals surface area contributed by atoms with Gasteiger partial charge in [-0.2, -0.15) is 8.42 Å². The van der Waals surface area contributed by atoms with E-state index in [2.05, 4.69) is 15.5 Å². The number of methoxy groups -OCH3 is 1. The summed E-state index contributed by atoms with van der Waals surface area (Å²) in [6.45, 7) is 1.67. The van der Waals surface area contributed by atoms with Gasteiger partial charge in [-0.3, -0.25) is 9.35 Å². The van der Waals surface area contributed by atoms with Gasteiger partial charge in [-0.1, -0.05) is 54.4 Å². The van der Waals surface area contributed by atoms with Gasteiger partial charge in [0.25, 0.3) is 16.0 Å². The first kappa shape index (κ1) is 27.3. The Kier molecular flexibility index (Phi) is 7.89. The number of azo groups is 1. The Morgan fingerprint density at radius 1 is 1.03 bits per heavy atom. The first-order valence-electron chi connectivity index (χ1n) is 11.1. The highest BCUT2D eigenvalue weighted by atomic mass is 35.5. The molecule has 4 aromatic rings. The number of benzene rings is 4. The Labute approximate surface area is 228 Å². The van der Waals surface area contributed by atoms with E-state index in [1.54, 1.807) is 43.3 Å². The van der Waals surface area contributed by atoms with Crippen molar-refractivity contribution in [2.24, 2.45) is 10.2 Å². The number of amides is 1. The molecule has 0 aliphatic heterocycles. The van der Waals surface area contributed by atoms with Gasteiger partial charge in [-0.05, 0) is 48.2 Å². The van der Waals surface area contributed by atoms with Crippen molar-refractivity contribution >= 4 is 67.1 Å². The van der Waals surface area contributed by atoms with Crippen LogP contribution in [0.5, 0.6) is 11.5 Å². The Bertz CT molecular complexity index is 1710. The number of rotatable bonds is 7. The number of hydrogen-bond acceptors (Lipinski definition) is 7. The highest BCUT2D eigenvalue weighted by Gasteiger charge is 2.22. The number of fused-ring (bicyclic) bond motifs is 1. The minimum absolute atomic E-state index is 0.00583. The number of halogens is 2. The predicted octanol–water partition coefficient (Wildman–Crippen LogP) is 7.34. The fourth-order valence-corrected chi connectivity index (χ4v) is 5.12. The first-order chi connectivity index (χ1) is 18.0. The van der Waals surface area contributed by atoms with Crippen molar-refractivity contribution in [3.63, 3.8) is 0 Å². The molecule has 0 spiro atoms. The summed E-state index contributed by atoms with van der Waals surface area (Å²) in [7, 11) is -3.11. The summed E-state index contributed by atoms with van der Waals surface area (Å²) in [4.78, 5) is 12.9. The number of aromatic hydroxyl groups is 1. The Balaban J connectivity index is 1.86. The molecule has 9 nitrogen and oxygen atoms in total. The van der Waals surface area contributed by atoms with Crippen LogP contribution in [0, 0.1) is 0 Å². The van der Waals surface area contributed by atoms with E-state index in [9.17, 15) is 22.9 Å². The summed E-state index contributed by atoms with van der Waals surface area (Å²) in [6, 6.07) is 15.5. The highest BCUT2D eigenvalue weighted by Crippen LogP contribution is 2.42. The highest BCUT2D eigenvalue weighted by molar-refractivity contribution is 7.85. The van der Waals surface area contributed by atoms with E-state index in [0.717, 1.165) is 0 Å². The van der Waals surface area contributed by atoms with E-state index < -0.39 is 21.8 Å². The van der Waals surface area contributed by atoms with Crippen LogP contribution < -0.4 is 10.1 Å². The SMILES string of the molecule is CCc1c(S(=O)(=O)O)ccc(Cl)c1N=Nc1c(O)c(C(=O)Nc2cc(Cl)ccc2OC)cc2ccccc12. The Hall–Kier alpha value is -3.70. The monoisotopic (exact) mass is 573 g/mol. The van der Waals surface area contributed by atoms with Crippen LogP contribution in [0.15, 0.2) is 75.8 Å². The van der Waals surface area contributed by atoms with E-state index in [4.69, 9.17) is 27.9 Å². The Morgan fingerprint density at radius 3 is 2.42 bits per heavy atom. The molecule has 4 rings (SSSR count). The molecule has 0 bridgehead atoms. The van der Waals surface area contributed by atoms with Gasteiger partial charge < -0.3 is 15.2 Å². The molecule has 0 atom stereocenters. The van der Waals surface area contributed by atoms with Crippen molar-refractivity contribution in [3.05, 3.63) is 81.8 Å². The third kappa shape index (κ3) is 5.44. The molecule has 0 aliphatic rings. The van der Waals surface area contributed by atoms with Crippen LogP contribution in [-0.2, 0) is 16.5 Å². The number of nitrogens with zero attached hydrogens (tertiary/aromatic N) is 2. The number of carbonyl (C=O) groups is 1. The molecule has 3 N–H and O–H groups in total. The van der Waals surface area contributed by atoms with Gasteiger partial charge in [0.2, 0.25) is 0 Å². The summed E-state index contributed by atoms with van der Waals surface area (Å²) >= 11 is 12.4. The predicted molar refractivity (Wildman–Crippen MR) is 146 cm³/mol. The molecule has 196 valence electrons. The van der Waals surface area contributed by atoms with E-state index in [1.165, 1.54) is 31.4 Å². The van der Waals surface area contributed by atoms with Crippen molar-refractivity contribution in [1.29, 1.82) is 0 Å². The molecular formula is C26H21Cl2N3O6S. The lowest BCUT2D eigenvalue weighted by atomic mass is 10.0. The average molecular weight is 574 g/mol. The van der Waals surface area contributed by atoms with Gasteiger partial charge >= 0.3 is 0 Å². The summed E-state index contributed by atoms with van der Waals surface area (Å²) in [6.07, 6.45) is 0.167. The van der Waals surface area contributed by atoms with Crippen LogP contribution in [0.2, 0.25) is 10.0 Å². The molecule has 0 saturated heterocycles. The van der Waals surface area contributed by atoms with Crippen LogP contribution in [-0.4, -0.2) is 31.1 Å². The number of anilines is 1. The third-order valence-electron chi connectivity index (χ3n) is 5.72. The normalized spacial score (nSPS) is 11.7. The molecule has 4 aromatic carbocycles. The van der Waals surface area contributed by atoms with Crippen LogP contribution >= 0.6 is 23.2 Å². The first-order valence-corrected chi connectivity index (χ1v) is 13.3. The topological polar surface area (TPSA) is 138 Å². The maximum atomic E-state index is 13.2. The van der Waals surface area contributed by atoms with Gasteiger partial charge in [0, 0.05) is 16.0 Å². The zero-order valence-corrected chi connectivity index (χ0v) is 22.4. The van der Waals surface area contributed by atoms with E-state index in [0.29, 0.717) is 27.2 Å². The van der Waals surface area contributed by atoms with Crippen LogP contribution in [0.1, 0.15) is 22.8 Å². The maximum Gasteiger partial charge on any atom is 0.294 e. The summed E-state index contributed by atoms with van der Waals surface area (Å²) in [5.41, 5.74) is 0.304. The second-order valence-corrected chi connectivity index (χ2v) is 10.3. The zero-order valence-electron chi connectivity index (χ0n) is 20.1. The number of hydrogen-bond donors (Lipinski definition) is 3. The lowest BCUT2D eigenvalue weighted by molar-refractivity contribution is 0.102. The lowest BCUT2D eigenvalue weighted by Crippen LogP contribution is -2.13. The zero-order chi connectivity index (χ0) is 27.6. The number of phenols is 1. The molecule has 0 aromatic heterocycles. The standard InChI is InChI=1S/C26H21Cl2N3O6S/c1-3-16-22(38(34,35)36)11-9-19(28)23(16)30-31-24-17-7-5-4-6-14(17)12-18(25(24)32)26(33)29-20-13-15(27)8-10-21(20)37-2/h4-13,32H,3H2,1-2H3,(H,29,33)(H,34,35,36). The minimum atomic E-state index is -4.55. The molecule has 0 unspecified atom stereocenters. The lowest BCUT2D eigenvalue weighted by Gasteiger charge is -2.13. The molecule has 12 heteroatoms. The van der Waals surface area contributed by atoms with E-state index in [-0.39, 0.29) is 38.8 Å². The van der Waals surface area contributed by atoms with Gasteiger partial charge in [0.05, 0.1) is 28.3 Å². The molecule has 0 heterocycles. The number of ether oxygens (including phenoxy) is 1. The van der Waals surface area contributed by atoms with Gasteiger partial charge in [-0.15, -0.1) is 10.2 Å². The number of phenolic OH excluding ortho intramolecular Hbond substituents is 1. The van der Waals surface area contributed by atoms with Crippen molar-refractivity contribution in [3.8, 4) is 11.5 Å². The molecule has 0 saturated carbocycles. The molecular weight excluding hydrogens is 553 g/mol. The largest absolute Gasteiger partial charge is 0.505 e. The second-order valence-electron chi connectivity index (χ2n) is 8.04. The van der Waals surface area contributed by atoms with Crippen molar-refractivity contribution < 1.29 is 27.6 Å². The number of carbonyl (C=O) groups excluding carboxylic acids is 1. The second kappa shape index (κ2) is 11.0. The fourth-order valence-electron chi connectivity index (χ4n) is 3.94. The maximum absolute atomic E-state index is 13.2. The minimum Gasteiger partial charge on any atom is -0.505 e. The van der Waals surface area contributed by atoms with Crippen LogP contribution in [0.4, 0.5) is 17.1 Å². The average Bonchev–Trinajstić information content (AvgIpc) is 2.87. The quantitative estimate of drug-likeness (QED) is 0.156. The van der Waals surface area contributed by atoms with Gasteiger partial charge in [-0.25, -0.2) is 0 Å². The van der Waals surface area contributed by atoms with Gasteiger partial charge in [0.15, 0.2) is 5.75 Å². The van der Waals surface area contributed by atoms with Gasteiger partial charge in [0.1, 0.15) is 17.1 Å². The molecule has 0 aliphatic carbocycles. The van der Waals surface area contributed by atoms with E-state index >= 15 is 0 Å². The van der Waals surface area contributed by atoms with Crippen molar-refractivity contribution in [2.45, 2.75) is 18.2 Å². The summed E-state index contributed by atoms with van der Waals surface area (Å²) < 4.78 is 38.6. The summed E-state index contributed by atoms with van der Waals surface area (Å²) in [5.74, 6) is -0.764. The smallest absolute Gasteiger partial charge is 0.294 e. The van der Waals surface area contributed by atoms with Crippen LogP contribution in [0.25, 0.3) is 10.8 Å². The van der Waals surface area contributed by atoms with Crippen molar-refractivity contribution in [2.75, 3.05) is 12.4 Å². The molecule has 0 fully saturated rings. The molecule has 38 heavy (non-hydrogen) atoms. The van der Waals surface area contributed by atoms with Crippen LogP contribution in [0.3, 0.4) is 0 Å². The van der Waals surface area contributed by atoms with Crippen molar-refractivity contribution in [1.82, 2.24) is 0 Å². The Morgan fingerprint density at radius 2 is 1.74 bits per heavy atom. The molecule has 0 radical (unpaired) electrons. The molecule has 1 amide bonds. The summed E-state index contributed by atoms with van der Waals surface area (Å²) in [5, 5.41) is 23.7. The van der Waals surface area contributed by atoms with E-state index in [1.807, 2.05) is 0 Å². The number of nitrogens with one attached hydrogen (secondary N) is 1. The third-order valence-corrected chi connectivity index (χ3v) is 7.20.